The van der Waals surface area contributed by atoms with Gasteiger partial charge in [0.25, 0.3) is 5.22 Å². The molecule has 1 fully saturated rings. The molecule has 1 aliphatic heterocycles. The number of para-hydroxylation sites is 1. The number of fused-ring (bicyclic) bond motifs is 1. The van der Waals surface area contributed by atoms with Gasteiger partial charge >= 0.3 is 0 Å². The quantitative estimate of drug-likeness (QED) is 0.496. The summed E-state index contributed by atoms with van der Waals surface area (Å²) in [5.41, 5.74) is 1.56. The van der Waals surface area contributed by atoms with Gasteiger partial charge in [0.15, 0.2) is 15.6 Å². The SMILES string of the molecule is C[C@@H](Sc1nnc(C[C@@H]2CCS(=O)(=O)C2)o1)C(=O)c1c[nH]c2ccccc12. The minimum absolute atomic E-state index is 0.0147. The highest BCUT2D eigenvalue weighted by Crippen LogP contribution is 2.29. The second-order valence-corrected chi connectivity index (χ2v) is 10.3. The molecule has 2 aromatic heterocycles. The maximum absolute atomic E-state index is 12.8. The molecule has 1 saturated heterocycles. The number of aromatic nitrogens is 3. The molecule has 0 bridgehead atoms. The van der Waals surface area contributed by atoms with Crippen LogP contribution in [0.4, 0.5) is 0 Å². The van der Waals surface area contributed by atoms with Gasteiger partial charge in [0.05, 0.1) is 16.8 Å². The molecule has 4 rings (SSSR count). The van der Waals surface area contributed by atoms with Gasteiger partial charge in [-0.2, -0.15) is 0 Å². The van der Waals surface area contributed by atoms with E-state index in [0.29, 0.717) is 29.5 Å². The zero-order chi connectivity index (χ0) is 19.0. The van der Waals surface area contributed by atoms with Crippen molar-refractivity contribution in [2.45, 2.75) is 30.2 Å². The lowest BCUT2D eigenvalue weighted by Crippen LogP contribution is -2.13. The predicted octanol–water partition coefficient (Wildman–Crippen LogP) is 2.89. The topological polar surface area (TPSA) is 106 Å². The molecule has 3 heterocycles. The summed E-state index contributed by atoms with van der Waals surface area (Å²) in [4.78, 5) is 15.9. The monoisotopic (exact) mass is 405 g/mol. The Labute approximate surface area is 160 Å². The van der Waals surface area contributed by atoms with Crippen LogP contribution in [0.15, 0.2) is 40.1 Å². The van der Waals surface area contributed by atoms with Crippen molar-refractivity contribution in [3.05, 3.63) is 41.9 Å². The molecular weight excluding hydrogens is 386 g/mol. The molecule has 0 spiro atoms. The van der Waals surface area contributed by atoms with Crippen molar-refractivity contribution in [3.63, 3.8) is 0 Å². The zero-order valence-corrected chi connectivity index (χ0v) is 16.3. The zero-order valence-electron chi connectivity index (χ0n) is 14.7. The summed E-state index contributed by atoms with van der Waals surface area (Å²) < 4.78 is 28.7. The van der Waals surface area contributed by atoms with Crippen LogP contribution in [0, 0.1) is 5.92 Å². The first kappa shape index (κ1) is 18.2. The number of nitrogens with zero attached hydrogens (tertiary/aromatic N) is 2. The van der Waals surface area contributed by atoms with Crippen molar-refractivity contribution < 1.29 is 17.6 Å². The van der Waals surface area contributed by atoms with E-state index in [0.717, 1.165) is 10.9 Å². The third kappa shape index (κ3) is 3.93. The average molecular weight is 406 g/mol. The van der Waals surface area contributed by atoms with Crippen molar-refractivity contribution in [2.24, 2.45) is 5.92 Å². The summed E-state index contributed by atoms with van der Waals surface area (Å²) in [5, 5.41) is 8.83. The number of hydrogen-bond acceptors (Lipinski definition) is 7. The van der Waals surface area contributed by atoms with Crippen molar-refractivity contribution in [2.75, 3.05) is 11.5 Å². The van der Waals surface area contributed by atoms with Crippen LogP contribution >= 0.6 is 11.8 Å². The first-order valence-corrected chi connectivity index (χ1v) is 11.4. The van der Waals surface area contributed by atoms with E-state index in [9.17, 15) is 13.2 Å². The molecule has 142 valence electrons. The van der Waals surface area contributed by atoms with Crippen LogP contribution in [0.3, 0.4) is 0 Å². The number of benzene rings is 1. The number of ketones is 1. The highest BCUT2D eigenvalue weighted by atomic mass is 32.2. The van der Waals surface area contributed by atoms with Crippen LogP contribution < -0.4 is 0 Å². The second-order valence-electron chi connectivity index (χ2n) is 6.81. The number of carbonyl (C=O) groups is 1. The van der Waals surface area contributed by atoms with Crippen LogP contribution in [0.25, 0.3) is 10.9 Å². The summed E-state index contributed by atoms with van der Waals surface area (Å²) in [7, 11) is -2.92. The van der Waals surface area contributed by atoms with Gasteiger partial charge in [-0.25, -0.2) is 8.42 Å². The van der Waals surface area contributed by atoms with E-state index in [2.05, 4.69) is 15.2 Å². The summed E-state index contributed by atoms with van der Waals surface area (Å²) in [6, 6.07) is 7.66. The van der Waals surface area contributed by atoms with Crippen LogP contribution in [0.5, 0.6) is 0 Å². The molecular formula is C18H19N3O4S2. The molecule has 7 nitrogen and oxygen atoms in total. The first-order chi connectivity index (χ1) is 12.9. The van der Waals surface area contributed by atoms with Gasteiger partial charge < -0.3 is 9.40 Å². The standard InChI is InChI=1S/C18H19N3O4S2/c1-11(17(22)14-9-19-15-5-3-2-4-13(14)15)26-18-21-20-16(25-18)8-12-6-7-27(23,24)10-12/h2-5,9,11-12,19H,6-8,10H2,1H3/t11-,12+/m1/s1. The highest BCUT2D eigenvalue weighted by molar-refractivity contribution is 8.00. The molecule has 1 aromatic carbocycles. The fraction of sp³-hybridized carbons (Fsp3) is 0.389. The Morgan fingerprint density at radius 3 is 2.96 bits per heavy atom. The number of hydrogen-bond donors (Lipinski definition) is 1. The van der Waals surface area contributed by atoms with E-state index in [1.165, 1.54) is 11.8 Å². The number of aromatic amines is 1. The highest BCUT2D eigenvalue weighted by Gasteiger charge is 2.29. The number of sulfone groups is 1. The predicted molar refractivity (Wildman–Crippen MR) is 103 cm³/mol. The normalized spacial score (nSPS) is 20.1. The summed E-state index contributed by atoms with van der Waals surface area (Å²) in [6.45, 7) is 1.81. The molecule has 0 aliphatic carbocycles. The van der Waals surface area contributed by atoms with Gasteiger partial charge in [-0.3, -0.25) is 4.79 Å². The molecule has 1 N–H and O–H groups in total. The second kappa shape index (κ2) is 7.12. The molecule has 0 amide bonds. The van der Waals surface area contributed by atoms with E-state index in [1.807, 2.05) is 31.2 Å². The molecule has 0 unspecified atom stereocenters. The van der Waals surface area contributed by atoms with E-state index in [-0.39, 0.29) is 28.5 Å². The maximum Gasteiger partial charge on any atom is 0.277 e. The van der Waals surface area contributed by atoms with Gasteiger partial charge in [-0.1, -0.05) is 30.0 Å². The van der Waals surface area contributed by atoms with Crippen molar-refractivity contribution >= 4 is 38.3 Å². The van der Waals surface area contributed by atoms with Gasteiger partial charge in [0.2, 0.25) is 5.89 Å². The number of Topliss-reactive ketones (excluding diaryl/α,β-unsaturated/α-hetero) is 1. The minimum atomic E-state index is -2.92. The maximum atomic E-state index is 12.8. The van der Waals surface area contributed by atoms with Gasteiger partial charge in [-0.15, -0.1) is 10.2 Å². The lowest BCUT2D eigenvalue weighted by molar-refractivity contribution is 0.0995. The minimum Gasteiger partial charge on any atom is -0.416 e. The van der Waals surface area contributed by atoms with Crippen LogP contribution in [0.1, 0.15) is 29.6 Å². The lowest BCUT2D eigenvalue weighted by atomic mass is 10.1. The third-order valence-electron chi connectivity index (χ3n) is 4.74. The summed E-state index contributed by atoms with van der Waals surface area (Å²) in [5.74, 6) is 0.834. The largest absolute Gasteiger partial charge is 0.416 e. The van der Waals surface area contributed by atoms with Gasteiger partial charge in [0, 0.05) is 29.1 Å². The van der Waals surface area contributed by atoms with Crippen LogP contribution in [0.2, 0.25) is 0 Å². The number of thioether (sulfide) groups is 1. The smallest absolute Gasteiger partial charge is 0.277 e. The Bertz CT molecular complexity index is 1090. The van der Waals surface area contributed by atoms with E-state index in [4.69, 9.17) is 4.42 Å². The molecule has 2 atom stereocenters. The van der Waals surface area contributed by atoms with E-state index in [1.54, 1.807) is 6.20 Å². The Morgan fingerprint density at radius 1 is 1.37 bits per heavy atom. The third-order valence-corrected chi connectivity index (χ3v) is 7.51. The van der Waals surface area contributed by atoms with Gasteiger partial charge in [-0.05, 0) is 25.3 Å². The molecule has 9 heteroatoms. The number of rotatable bonds is 6. The number of carbonyl (C=O) groups excluding carboxylic acids is 1. The van der Waals surface area contributed by atoms with Crippen LogP contribution in [-0.2, 0) is 16.3 Å². The molecule has 0 radical (unpaired) electrons. The number of nitrogens with one attached hydrogen (secondary N) is 1. The molecule has 1 aliphatic rings. The summed E-state index contributed by atoms with van der Waals surface area (Å²) in [6.07, 6.45) is 2.81. The Balaban J connectivity index is 1.42. The number of H-pyrrole nitrogens is 1. The Morgan fingerprint density at radius 2 is 2.19 bits per heavy atom. The lowest BCUT2D eigenvalue weighted by Gasteiger charge is -2.06. The van der Waals surface area contributed by atoms with Crippen molar-refractivity contribution in [3.8, 4) is 0 Å². The van der Waals surface area contributed by atoms with Gasteiger partial charge in [0.1, 0.15) is 0 Å². The van der Waals surface area contributed by atoms with E-state index < -0.39 is 9.84 Å². The Kier molecular flexibility index (Phi) is 4.81. The van der Waals surface area contributed by atoms with Crippen molar-refractivity contribution in [1.82, 2.24) is 15.2 Å². The average Bonchev–Trinajstić information content (AvgIpc) is 3.33. The molecule has 27 heavy (non-hydrogen) atoms. The first-order valence-electron chi connectivity index (χ1n) is 8.71. The fourth-order valence-electron chi connectivity index (χ4n) is 3.35. The van der Waals surface area contributed by atoms with Crippen molar-refractivity contribution in [1.29, 1.82) is 0 Å². The molecule has 3 aromatic rings. The fourth-order valence-corrected chi connectivity index (χ4v) is 5.98. The molecule has 0 saturated carbocycles. The van der Waals surface area contributed by atoms with Crippen LogP contribution in [-0.4, -0.2) is 46.1 Å². The van der Waals surface area contributed by atoms with E-state index >= 15 is 0 Å². The summed E-state index contributed by atoms with van der Waals surface area (Å²) >= 11 is 1.22. The Hall–Kier alpha value is -2.13.